The molecule has 2 N–H and O–H groups in total. The fourth-order valence-electron chi connectivity index (χ4n) is 1.96. The summed E-state index contributed by atoms with van der Waals surface area (Å²) in [6.07, 6.45) is 2.45. The Labute approximate surface area is 100 Å². The molecule has 1 aromatic carbocycles. The lowest BCUT2D eigenvalue weighted by atomic mass is 9.98. The minimum absolute atomic E-state index is 0.205. The summed E-state index contributed by atoms with van der Waals surface area (Å²) in [4.78, 5) is 0. The van der Waals surface area contributed by atoms with Crippen molar-refractivity contribution >= 4 is 0 Å². The Kier molecular flexibility index (Phi) is 3.29. The van der Waals surface area contributed by atoms with Crippen molar-refractivity contribution in [3.05, 3.63) is 58.8 Å². The van der Waals surface area contributed by atoms with Crippen LogP contribution in [0.1, 0.15) is 35.4 Å². The second kappa shape index (κ2) is 4.72. The van der Waals surface area contributed by atoms with Crippen molar-refractivity contribution < 1.29 is 8.81 Å². The number of hydrogen-bond donors (Lipinski definition) is 1. The molecule has 0 aliphatic carbocycles. The lowest BCUT2D eigenvalue weighted by Gasteiger charge is -2.12. The predicted octanol–water partition coefficient (Wildman–Crippen LogP) is 3.34. The zero-order valence-electron chi connectivity index (χ0n) is 10.0. The Balaban J connectivity index is 2.36. The maximum atomic E-state index is 13.2. The number of benzene rings is 1. The molecule has 17 heavy (non-hydrogen) atoms. The Hall–Kier alpha value is -1.61. The third kappa shape index (κ3) is 2.24. The van der Waals surface area contributed by atoms with Gasteiger partial charge in [-0.1, -0.05) is 19.1 Å². The van der Waals surface area contributed by atoms with Crippen molar-refractivity contribution in [3.63, 3.8) is 0 Å². The van der Waals surface area contributed by atoms with Crippen LogP contribution in [0.25, 0.3) is 0 Å². The molecule has 0 radical (unpaired) electrons. The first-order valence-electron chi connectivity index (χ1n) is 5.71. The van der Waals surface area contributed by atoms with E-state index in [2.05, 4.69) is 0 Å². The van der Waals surface area contributed by atoms with Crippen LogP contribution in [-0.2, 0) is 6.42 Å². The minimum atomic E-state index is -0.261. The maximum absolute atomic E-state index is 13.2. The first-order chi connectivity index (χ1) is 8.13. The van der Waals surface area contributed by atoms with E-state index in [1.54, 1.807) is 25.3 Å². The van der Waals surface area contributed by atoms with E-state index in [-0.39, 0.29) is 11.9 Å². The quantitative estimate of drug-likeness (QED) is 0.883. The monoisotopic (exact) mass is 233 g/mol. The molecule has 90 valence electrons. The Morgan fingerprint density at radius 3 is 2.76 bits per heavy atom. The number of rotatable bonds is 3. The SMILES string of the molecule is CCc1occc1C(N)c1ccc(F)c(C)c1. The van der Waals surface area contributed by atoms with Gasteiger partial charge >= 0.3 is 0 Å². The number of aryl methyl sites for hydroxylation is 2. The van der Waals surface area contributed by atoms with Gasteiger partial charge in [-0.15, -0.1) is 0 Å². The molecule has 0 spiro atoms. The number of halogens is 1. The zero-order chi connectivity index (χ0) is 12.4. The fraction of sp³-hybridized carbons (Fsp3) is 0.286. The van der Waals surface area contributed by atoms with Crippen LogP contribution in [0.4, 0.5) is 4.39 Å². The normalized spacial score (nSPS) is 12.7. The number of nitrogens with two attached hydrogens (primary N) is 1. The van der Waals surface area contributed by atoms with Crippen LogP contribution in [0.5, 0.6) is 0 Å². The molecule has 0 fully saturated rings. The van der Waals surface area contributed by atoms with Gasteiger partial charge in [0.05, 0.1) is 12.3 Å². The summed E-state index contributed by atoms with van der Waals surface area (Å²) in [5, 5.41) is 0. The predicted molar refractivity (Wildman–Crippen MR) is 65.3 cm³/mol. The summed E-state index contributed by atoms with van der Waals surface area (Å²) in [6, 6.07) is 6.58. The molecule has 0 aliphatic heterocycles. The molecule has 0 saturated carbocycles. The Morgan fingerprint density at radius 2 is 2.12 bits per heavy atom. The topological polar surface area (TPSA) is 39.2 Å². The van der Waals surface area contributed by atoms with E-state index < -0.39 is 0 Å². The molecule has 1 heterocycles. The molecule has 2 aromatic rings. The van der Waals surface area contributed by atoms with Crippen LogP contribution in [0, 0.1) is 12.7 Å². The fourth-order valence-corrected chi connectivity index (χ4v) is 1.96. The van der Waals surface area contributed by atoms with Gasteiger partial charge in [-0.25, -0.2) is 4.39 Å². The number of furan rings is 1. The standard InChI is InChI=1S/C14H16FNO/c1-3-13-11(6-7-17-13)14(16)10-4-5-12(15)9(2)8-10/h4-8,14H,3,16H2,1-2H3. The van der Waals surface area contributed by atoms with Gasteiger partial charge in [-0.3, -0.25) is 0 Å². The van der Waals surface area contributed by atoms with E-state index >= 15 is 0 Å². The average Bonchev–Trinajstić information content (AvgIpc) is 2.80. The smallest absolute Gasteiger partial charge is 0.126 e. The third-order valence-electron chi connectivity index (χ3n) is 2.98. The highest BCUT2D eigenvalue weighted by atomic mass is 19.1. The summed E-state index contributed by atoms with van der Waals surface area (Å²) >= 11 is 0. The molecule has 1 aromatic heterocycles. The van der Waals surface area contributed by atoms with Gasteiger partial charge in [-0.2, -0.15) is 0 Å². The lowest BCUT2D eigenvalue weighted by molar-refractivity contribution is 0.509. The molecule has 1 unspecified atom stereocenters. The van der Waals surface area contributed by atoms with Crippen molar-refractivity contribution in [2.75, 3.05) is 0 Å². The van der Waals surface area contributed by atoms with E-state index in [4.69, 9.17) is 10.2 Å². The average molecular weight is 233 g/mol. The summed E-state index contributed by atoms with van der Waals surface area (Å²) < 4.78 is 18.5. The maximum Gasteiger partial charge on any atom is 0.126 e. The molecule has 2 rings (SSSR count). The van der Waals surface area contributed by atoms with Crippen LogP contribution in [0.15, 0.2) is 34.9 Å². The van der Waals surface area contributed by atoms with E-state index in [1.165, 1.54) is 6.07 Å². The highest BCUT2D eigenvalue weighted by molar-refractivity contribution is 5.35. The van der Waals surface area contributed by atoms with Crippen LogP contribution in [0.2, 0.25) is 0 Å². The molecule has 3 heteroatoms. The van der Waals surface area contributed by atoms with Gasteiger partial charge in [-0.05, 0) is 30.2 Å². The van der Waals surface area contributed by atoms with E-state index in [1.807, 2.05) is 13.0 Å². The van der Waals surface area contributed by atoms with Gasteiger partial charge in [0.2, 0.25) is 0 Å². The van der Waals surface area contributed by atoms with Crippen molar-refractivity contribution in [3.8, 4) is 0 Å². The summed E-state index contributed by atoms with van der Waals surface area (Å²) in [6.45, 7) is 3.76. The number of hydrogen-bond acceptors (Lipinski definition) is 2. The molecule has 1 atom stereocenters. The molecule has 0 amide bonds. The highest BCUT2D eigenvalue weighted by Gasteiger charge is 2.15. The highest BCUT2D eigenvalue weighted by Crippen LogP contribution is 2.25. The first-order valence-corrected chi connectivity index (χ1v) is 5.71. The lowest BCUT2D eigenvalue weighted by Crippen LogP contribution is -2.13. The zero-order valence-corrected chi connectivity index (χ0v) is 10.0. The molecule has 0 saturated heterocycles. The third-order valence-corrected chi connectivity index (χ3v) is 2.98. The van der Waals surface area contributed by atoms with Gasteiger partial charge < -0.3 is 10.2 Å². The van der Waals surface area contributed by atoms with Crippen molar-refractivity contribution in [1.29, 1.82) is 0 Å². The second-order valence-corrected chi connectivity index (χ2v) is 4.14. The van der Waals surface area contributed by atoms with Crippen molar-refractivity contribution in [1.82, 2.24) is 0 Å². The van der Waals surface area contributed by atoms with Crippen molar-refractivity contribution in [2.45, 2.75) is 26.3 Å². The Bertz CT molecular complexity index is 519. The van der Waals surface area contributed by atoms with E-state index in [0.29, 0.717) is 5.56 Å². The van der Waals surface area contributed by atoms with Crippen molar-refractivity contribution in [2.24, 2.45) is 5.73 Å². The largest absolute Gasteiger partial charge is 0.469 e. The molecule has 0 bridgehead atoms. The Morgan fingerprint density at radius 1 is 1.35 bits per heavy atom. The minimum Gasteiger partial charge on any atom is -0.469 e. The first kappa shape index (κ1) is 11.9. The second-order valence-electron chi connectivity index (χ2n) is 4.14. The van der Waals surface area contributed by atoms with E-state index in [0.717, 1.165) is 23.3 Å². The van der Waals surface area contributed by atoms with Gasteiger partial charge in [0.1, 0.15) is 11.6 Å². The van der Waals surface area contributed by atoms with Crippen LogP contribution in [-0.4, -0.2) is 0 Å². The summed E-state index contributed by atoms with van der Waals surface area (Å²) in [5.41, 5.74) is 8.66. The van der Waals surface area contributed by atoms with Gasteiger partial charge in [0, 0.05) is 12.0 Å². The summed E-state index contributed by atoms with van der Waals surface area (Å²) in [7, 11) is 0. The van der Waals surface area contributed by atoms with Crippen LogP contribution < -0.4 is 5.73 Å². The summed E-state index contributed by atoms with van der Waals surface area (Å²) in [5.74, 6) is 0.684. The van der Waals surface area contributed by atoms with Gasteiger partial charge in [0.25, 0.3) is 0 Å². The van der Waals surface area contributed by atoms with Crippen LogP contribution in [0.3, 0.4) is 0 Å². The van der Waals surface area contributed by atoms with E-state index in [9.17, 15) is 4.39 Å². The molecular weight excluding hydrogens is 217 g/mol. The molecular formula is C14H16FNO. The van der Waals surface area contributed by atoms with Crippen LogP contribution >= 0.6 is 0 Å². The molecule has 0 aliphatic rings. The van der Waals surface area contributed by atoms with Gasteiger partial charge in [0.15, 0.2) is 0 Å². The molecule has 2 nitrogen and oxygen atoms in total.